The van der Waals surface area contributed by atoms with Crippen molar-refractivity contribution in [1.82, 2.24) is 15.6 Å². The molecule has 2 unspecified atom stereocenters. The molecule has 1 amide bonds. The fourth-order valence-corrected chi connectivity index (χ4v) is 4.56. The van der Waals surface area contributed by atoms with Gasteiger partial charge in [-0.1, -0.05) is 12.1 Å². The van der Waals surface area contributed by atoms with Crippen LogP contribution in [0, 0.1) is 12.8 Å². The van der Waals surface area contributed by atoms with Crippen LogP contribution in [0.15, 0.2) is 29.6 Å². The number of aromatic nitrogens is 1. The van der Waals surface area contributed by atoms with E-state index < -0.39 is 0 Å². The zero-order valence-electron chi connectivity index (χ0n) is 13.3. The van der Waals surface area contributed by atoms with E-state index in [0.717, 1.165) is 35.3 Å². The van der Waals surface area contributed by atoms with Crippen LogP contribution in [0.4, 0.5) is 0 Å². The fraction of sp³-hybridized carbons (Fsp3) is 0.444. The second-order valence-electron chi connectivity index (χ2n) is 6.66. The van der Waals surface area contributed by atoms with Gasteiger partial charge in [-0.15, -0.1) is 11.3 Å². The number of nitrogens with zero attached hydrogens (tertiary/aromatic N) is 1. The monoisotopic (exact) mass is 327 g/mol. The van der Waals surface area contributed by atoms with Gasteiger partial charge >= 0.3 is 0 Å². The predicted molar refractivity (Wildman–Crippen MR) is 92.7 cm³/mol. The summed E-state index contributed by atoms with van der Waals surface area (Å²) in [7, 11) is 0. The summed E-state index contributed by atoms with van der Waals surface area (Å²) in [5.41, 5.74) is 2.90. The molecule has 0 radical (unpaired) electrons. The largest absolute Gasteiger partial charge is 0.350 e. The molecule has 2 fully saturated rings. The number of thiazole rings is 1. The minimum Gasteiger partial charge on any atom is -0.350 e. The molecule has 4 rings (SSSR count). The van der Waals surface area contributed by atoms with Crippen molar-refractivity contribution in [1.29, 1.82) is 0 Å². The molecule has 4 nitrogen and oxygen atoms in total. The van der Waals surface area contributed by atoms with Crippen LogP contribution in [-0.4, -0.2) is 29.5 Å². The SMILES string of the molecule is Cc1csc(-c2cccc(C(=O)NCC34CCC3CCN4)c2)n1. The molecular weight excluding hydrogens is 306 g/mol. The lowest BCUT2D eigenvalue weighted by molar-refractivity contribution is 0.0878. The quantitative estimate of drug-likeness (QED) is 0.908. The lowest BCUT2D eigenvalue weighted by Crippen LogP contribution is -2.59. The van der Waals surface area contributed by atoms with E-state index in [9.17, 15) is 4.79 Å². The minimum absolute atomic E-state index is 0.00820. The number of aryl methyl sites for hydroxylation is 1. The molecule has 1 aromatic carbocycles. The number of nitrogens with one attached hydrogen (secondary N) is 2. The first kappa shape index (κ1) is 14.8. The van der Waals surface area contributed by atoms with Gasteiger partial charge in [-0.05, 0) is 50.8 Å². The summed E-state index contributed by atoms with van der Waals surface area (Å²) in [5, 5.41) is 9.72. The summed E-state index contributed by atoms with van der Waals surface area (Å²) in [5.74, 6) is 0.751. The van der Waals surface area contributed by atoms with Crippen molar-refractivity contribution in [3.05, 3.63) is 40.9 Å². The van der Waals surface area contributed by atoms with Crippen molar-refractivity contribution in [3.63, 3.8) is 0 Å². The van der Waals surface area contributed by atoms with Gasteiger partial charge < -0.3 is 10.6 Å². The fourth-order valence-electron chi connectivity index (χ4n) is 3.76. The molecule has 2 heterocycles. The zero-order valence-corrected chi connectivity index (χ0v) is 14.1. The zero-order chi connectivity index (χ0) is 15.9. The Bertz CT molecular complexity index is 741. The molecule has 1 aromatic heterocycles. The van der Waals surface area contributed by atoms with Gasteiger partial charge in [0.2, 0.25) is 0 Å². The average molecular weight is 327 g/mol. The van der Waals surface area contributed by atoms with Gasteiger partial charge in [0.1, 0.15) is 5.01 Å². The Morgan fingerprint density at radius 2 is 2.39 bits per heavy atom. The molecule has 1 saturated heterocycles. The second kappa shape index (κ2) is 5.73. The molecule has 1 aliphatic heterocycles. The maximum atomic E-state index is 12.5. The van der Waals surface area contributed by atoms with Gasteiger partial charge in [0, 0.05) is 34.3 Å². The van der Waals surface area contributed by atoms with E-state index in [1.807, 2.05) is 36.6 Å². The molecule has 2 aliphatic rings. The van der Waals surface area contributed by atoms with Gasteiger partial charge in [-0.3, -0.25) is 4.79 Å². The number of amides is 1. The molecule has 1 saturated carbocycles. The van der Waals surface area contributed by atoms with E-state index in [1.165, 1.54) is 19.3 Å². The van der Waals surface area contributed by atoms with E-state index in [4.69, 9.17) is 0 Å². The van der Waals surface area contributed by atoms with Crippen LogP contribution in [-0.2, 0) is 0 Å². The Labute approximate surface area is 140 Å². The molecule has 0 spiro atoms. The van der Waals surface area contributed by atoms with E-state index in [-0.39, 0.29) is 11.4 Å². The van der Waals surface area contributed by atoms with Crippen LogP contribution in [0.3, 0.4) is 0 Å². The standard InChI is InChI=1S/C18H21N3OS/c1-12-10-23-17(21-12)14-4-2-3-13(9-14)16(22)19-11-18-7-5-15(18)6-8-20-18/h2-4,9-10,15,20H,5-8,11H2,1H3,(H,19,22). The van der Waals surface area contributed by atoms with Gasteiger partial charge in [-0.25, -0.2) is 4.98 Å². The van der Waals surface area contributed by atoms with E-state index in [1.54, 1.807) is 11.3 Å². The number of benzene rings is 1. The van der Waals surface area contributed by atoms with Crippen molar-refractivity contribution in [2.24, 2.45) is 5.92 Å². The van der Waals surface area contributed by atoms with Crippen LogP contribution in [0.2, 0.25) is 0 Å². The number of hydrogen-bond donors (Lipinski definition) is 2. The molecule has 0 bridgehead atoms. The van der Waals surface area contributed by atoms with E-state index in [2.05, 4.69) is 15.6 Å². The highest BCUT2D eigenvalue weighted by atomic mass is 32.1. The third-order valence-electron chi connectivity index (χ3n) is 5.25. The number of rotatable bonds is 4. The molecule has 5 heteroatoms. The van der Waals surface area contributed by atoms with Gasteiger partial charge in [-0.2, -0.15) is 0 Å². The maximum absolute atomic E-state index is 12.5. The first-order valence-corrected chi connectivity index (χ1v) is 9.10. The summed E-state index contributed by atoms with van der Waals surface area (Å²) in [6, 6.07) is 7.75. The highest BCUT2D eigenvalue weighted by molar-refractivity contribution is 7.13. The highest BCUT2D eigenvalue weighted by Crippen LogP contribution is 2.43. The topological polar surface area (TPSA) is 54.0 Å². The summed E-state index contributed by atoms with van der Waals surface area (Å²) in [4.78, 5) is 17.0. The normalized spacial score (nSPS) is 25.7. The van der Waals surface area contributed by atoms with Gasteiger partial charge in [0.05, 0.1) is 0 Å². The first-order chi connectivity index (χ1) is 11.2. The summed E-state index contributed by atoms with van der Waals surface area (Å²) in [6.07, 6.45) is 3.72. The Morgan fingerprint density at radius 3 is 3.09 bits per heavy atom. The van der Waals surface area contributed by atoms with Crippen molar-refractivity contribution in [2.75, 3.05) is 13.1 Å². The van der Waals surface area contributed by atoms with Crippen LogP contribution in [0.1, 0.15) is 35.3 Å². The molecular formula is C18H21N3OS. The second-order valence-corrected chi connectivity index (χ2v) is 7.52. The van der Waals surface area contributed by atoms with Gasteiger partial charge in [0.25, 0.3) is 5.91 Å². The summed E-state index contributed by atoms with van der Waals surface area (Å²) >= 11 is 1.61. The van der Waals surface area contributed by atoms with Crippen LogP contribution in [0.25, 0.3) is 10.6 Å². The predicted octanol–water partition coefficient (Wildman–Crippen LogP) is 2.99. The Balaban J connectivity index is 1.46. The lowest BCUT2D eigenvalue weighted by Gasteiger charge is -2.45. The lowest BCUT2D eigenvalue weighted by atomic mass is 9.68. The van der Waals surface area contributed by atoms with Crippen molar-refractivity contribution < 1.29 is 4.79 Å². The highest BCUT2D eigenvalue weighted by Gasteiger charge is 2.49. The molecule has 2 N–H and O–H groups in total. The van der Waals surface area contributed by atoms with E-state index >= 15 is 0 Å². The molecule has 2 aromatic rings. The number of hydrogen-bond acceptors (Lipinski definition) is 4. The van der Waals surface area contributed by atoms with Crippen LogP contribution < -0.4 is 10.6 Å². The van der Waals surface area contributed by atoms with Crippen LogP contribution in [0.5, 0.6) is 0 Å². The minimum atomic E-state index is 0.00820. The summed E-state index contributed by atoms with van der Waals surface area (Å²) < 4.78 is 0. The number of carbonyl (C=O) groups excluding carboxylic acids is 1. The van der Waals surface area contributed by atoms with E-state index in [0.29, 0.717) is 5.56 Å². The molecule has 23 heavy (non-hydrogen) atoms. The van der Waals surface area contributed by atoms with Crippen molar-refractivity contribution in [3.8, 4) is 10.6 Å². The summed E-state index contributed by atoms with van der Waals surface area (Å²) in [6.45, 7) is 3.80. The number of carbonyl (C=O) groups is 1. The Kier molecular flexibility index (Phi) is 3.70. The third kappa shape index (κ3) is 2.68. The van der Waals surface area contributed by atoms with Crippen molar-refractivity contribution in [2.45, 2.75) is 31.7 Å². The first-order valence-electron chi connectivity index (χ1n) is 8.22. The Hall–Kier alpha value is -1.72. The molecule has 1 aliphatic carbocycles. The number of fused-ring (bicyclic) bond motifs is 1. The maximum Gasteiger partial charge on any atom is 0.251 e. The third-order valence-corrected chi connectivity index (χ3v) is 6.25. The molecule has 2 atom stereocenters. The average Bonchev–Trinajstić information content (AvgIpc) is 3.10. The molecule has 120 valence electrons. The van der Waals surface area contributed by atoms with Crippen LogP contribution >= 0.6 is 11.3 Å². The van der Waals surface area contributed by atoms with Crippen molar-refractivity contribution >= 4 is 17.2 Å². The smallest absolute Gasteiger partial charge is 0.251 e. The van der Waals surface area contributed by atoms with Gasteiger partial charge in [0.15, 0.2) is 0 Å². The Morgan fingerprint density at radius 1 is 1.48 bits per heavy atom.